The fraction of sp³-hybridized carbons (Fsp3) is 0.500. The Morgan fingerprint density at radius 3 is 2.50 bits per heavy atom. The summed E-state index contributed by atoms with van der Waals surface area (Å²) in [7, 11) is 0. The molecular weight excluding hydrogens is 336 g/mol. The van der Waals surface area contributed by atoms with E-state index in [1.807, 2.05) is 43.4 Å². The van der Waals surface area contributed by atoms with Crippen LogP contribution < -0.4 is 4.90 Å². The summed E-state index contributed by atoms with van der Waals surface area (Å²) in [5.41, 5.74) is 0.739. The third-order valence-electron chi connectivity index (χ3n) is 4.11. The minimum atomic E-state index is -0.902. The highest BCUT2D eigenvalue weighted by Gasteiger charge is 2.26. The summed E-state index contributed by atoms with van der Waals surface area (Å²) in [6.45, 7) is 8.06. The lowest BCUT2D eigenvalue weighted by molar-refractivity contribution is -0.136. The van der Waals surface area contributed by atoms with Crippen LogP contribution in [0.5, 0.6) is 0 Å². The van der Waals surface area contributed by atoms with Crippen LogP contribution in [0.3, 0.4) is 0 Å². The van der Waals surface area contributed by atoms with Crippen LogP contribution in [0.1, 0.15) is 26.5 Å². The molecule has 2 aromatic heterocycles. The van der Waals surface area contributed by atoms with Crippen LogP contribution in [0.4, 0.5) is 10.6 Å². The standard InChI is InChI=1S/C18H24N4O4/c1-18(2,3)26-17(25)21-9-7-20(8-10-21)15-6-4-5-14-19-13(11-16(23)24)12-22(14)15/h4-6,12H,7-11H2,1-3H3,(H,23,24). The molecule has 8 heteroatoms. The van der Waals surface area contributed by atoms with Crippen molar-refractivity contribution >= 4 is 23.5 Å². The van der Waals surface area contributed by atoms with Crippen molar-refractivity contribution in [2.24, 2.45) is 0 Å². The van der Waals surface area contributed by atoms with Crippen LogP contribution in [-0.4, -0.2) is 63.2 Å². The molecule has 0 aromatic carbocycles. The normalized spacial score (nSPS) is 15.3. The lowest BCUT2D eigenvalue weighted by atomic mass is 10.2. The third kappa shape index (κ3) is 4.07. The number of imidazole rings is 1. The number of hydrogen-bond acceptors (Lipinski definition) is 5. The van der Waals surface area contributed by atoms with Crippen LogP contribution in [0.2, 0.25) is 0 Å². The van der Waals surface area contributed by atoms with Gasteiger partial charge >= 0.3 is 12.1 Å². The lowest BCUT2D eigenvalue weighted by Gasteiger charge is -2.36. The molecule has 0 unspecified atom stereocenters. The predicted molar refractivity (Wildman–Crippen MR) is 96.6 cm³/mol. The largest absolute Gasteiger partial charge is 0.481 e. The maximum Gasteiger partial charge on any atom is 0.410 e. The summed E-state index contributed by atoms with van der Waals surface area (Å²) in [5, 5.41) is 8.96. The van der Waals surface area contributed by atoms with Crippen molar-refractivity contribution in [1.82, 2.24) is 14.3 Å². The Morgan fingerprint density at radius 2 is 1.88 bits per heavy atom. The van der Waals surface area contributed by atoms with Crippen molar-refractivity contribution in [2.45, 2.75) is 32.8 Å². The van der Waals surface area contributed by atoms with Gasteiger partial charge in [0.25, 0.3) is 0 Å². The molecule has 0 radical (unpaired) electrons. The number of hydrogen-bond donors (Lipinski definition) is 1. The molecule has 0 bridgehead atoms. The second kappa shape index (κ2) is 6.86. The van der Waals surface area contributed by atoms with E-state index in [1.54, 1.807) is 11.1 Å². The number of ether oxygens (including phenoxy) is 1. The number of nitrogens with zero attached hydrogens (tertiary/aromatic N) is 4. The number of carbonyl (C=O) groups excluding carboxylic acids is 1. The zero-order chi connectivity index (χ0) is 18.9. The second-order valence-corrected chi connectivity index (χ2v) is 7.37. The number of carboxylic acids is 1. The zero-order valence-corrected chi connectivity index (χ0v) is 15.3. The summed E-state index contributed by atoms with van der Waals surface area (Å²) in [5.74, 6) is 0.0383. The average molecular weight is 360 g/mol. The maximum atomic E-state index is 12.2. The predicted octanol–water partition coefficient (Wildman–Crippen LogP) is 2.02. The van der Waals surface area contributed by atoms with Crippen molar-refractivity contribution in [1.29, 1.82) is 0 Å². The van der Waals surface area contributed by atoms with Gasteiger partial charge in [0.2, 0.25) is 0 Å². The average Bonchev–Trinajstić information content (AvgIpc) is 2.94. The van der Waals surface area contributed by atoms with Crippen molar-refractivity contribution < 1.29 is 19.4 Å². The number of fused-ring (bicyclic) bond motifs is 1. The number of pyridine rings is 1. The molecule has 140 valence electrons. The fourth-order valence-corrected chi connectivity index (χ4v) is 2.99. The summed E-state index contributed by atoms with van der Waals surface area (Å²) in [6.07, 6.45) is 1.37. The van der Waals surface area contributed by atoms with Gasteiger partial charge in [0, 0.05) is 32.4 Å². The van der Waals surface area contributed by atoms with Crippen LogP contribution in [0.25, 0.3) is 5.65 Å². The molecule has 0 spiro atoms. The number of carbonyl (C=O) groups is 2. The van der Waals surface area contributed by atoms with Gasteiger partial charge in [0.05, 0.1) is 12.1 Å². The number of rotatable bonds is 3. The Labute approximate surface area is 152 Å². The summed E-state index contributed by atoms with van der Waals surface area (Å²) in [4.78, 5) is 31.4. The molecule has 1 saturated heterocycles. The highest BCUT2D eigenvalue weighted by molar-refractivity contribution is 5.70. The molecule has 1 aliphatic heterocycles. The Kier molecular flexibility index (Phi) is 4.76. The molecule has 8 nitrogen and oxygen atoms in total. The number of piperazine rings is 1. The molecular formula is C18H24N4O4. The molecule has 3 heterocycles. The minimum absolute atomic E-state index is 0.104. The molecule has 1 aliphatic rings. The van der Waals surface area contributed by atoms with E-state index in [1.165, 1.54) is 0 Å². The first-order valence-electron chi connectivity index (χ1n) is 8.64. The van der Waals surface area contributed by atoms with Gasteiger partial charge in [-0.3, -0.25) is 9.20 Å². The minimum Gasteiger partial charge on any atom is -0.481 e. The van der Waals surface area contributed by atoms with Crippen LogP contribution in [0.15, 0.2) is 24.4 Å². The molecule has 1 fully saturated rings. The van der Waals surface area contributed by atoms with Gasteiger partial charge < -0.3 is 19.6 Å². The number of carboxylic acid groups (broad SMARTS) is 1. The topological polar surface area (TPSA) is 87.4 Å². The Hall–Kier alpha value is -2.77. The first-order chi connectivity index (χ1) is 12.2. The summed E-state index contributed by atoms with van der Waals surface area (Å²) in [6, 6.07) is 5.73. The third-order valence-corrected chi connectivity index (χ3v) is 4.11. The fourth-order valence-electron chi connectivity index (χ4n) is 2.99. The van der Waals surface area contributed by atoms with Gasteiger partial charge in [-0.05, 0) is 32.9 Å². The quantitative estimate of drug-likeness (QED) is 0.901. The van der Waals surface area contributed by atoms with Gasteiger partial charge in [0.15, 0.2) is 0 Å². The molecule has 0 atom stereocenters. The van der Waals surface area contributed by atoms with Crippen molar-refractivity contribution in [3.05, 3.63) is 30.1 Å². The second-order valence-electron chi connectivity index (χ2n) is 7.37. The molecule has 1 N–H and O–H groups in total. The maximum absolute atomic E-state index is 12.2. The molecule has 3 rings (SSSR count). The molecule has 0 aliphatic carbocycles. The number of anilines is 1. The smallest absolute Gasteiger partial charge is 0.410 e. The van der Waals surface area contributed by atoms with E-state index < -0.39 is 11.6 Å². The molecule has 1 amide bonds. The van der Waals surface area contributed by atoms with Gasteiger partial charge in [-0.1, -0.05) is 6.07 Å². The Morgan fingerprint density at radius 1 is 1.19 bits per heavy atom. The highest BCUT2D eigenvalue weighted by atomic mass is 16.6. The van der Waals surface area contributed by atoms with E-state index >= 15 is 0 Å². The van der Waals surface area contributed by atoms with Crippen LogP contribution in [-0.2, 0) is 16.0 Å². The molecule has 26 heavy (non-hydrogen) atoms. The summed E-state index contributed by atoms with van der Waals surface area (Å²) < 4.78 is 7.33. The van der Waals surface area contributed by atoms with E-state index in [0.717, 1.165) is 5.82 Å². The first kappa shape index (κ1) is 18.0. The van der Waals surface area contributed by atoms with E-state index in [4.69, 9.17) is 9.84 Å². The summed E-state index contributed by atoms with van der Waals surface area (Å²) >= 11 is 0. The molecule has 0 saturated carbocycles. The van der Waals surface area contributed by atoms with Gasteiger partial charge in [-0.25, -0.2) is 9.78 Å². The van der Waals surface area contributed by atoms with Crippen molar-refractivity contribution in [3.8, 4) is 0 Å². The SMILES string of the molecule is CC(C)(C)OC(=O)N1CCN(c2cccc3nc(CC(=O)O)cn23)CC1. The van der Waals surface area contributed by atoms with E-state index in [9.17, 15) is 9.59 Å². The number of amides is 1. The van der Waals surface area contributed by atoms with Crippen molar-refractivity contribution in [3.63, 3.8) is 0 Å². The van der Waals surface area contributed by atoms with Gasteiger partial charge in [0.1, 0.15) is 17.1 Å². The van der Waals surface area contributed by atoms with E-state index in [0.29, 0.717) is 37.5 Å². The van der Waals surface area contributed by atoms with Crippen LogP contribution >= 0.6 is 0 Å². The Balaban J connectivity index is 1.72. The molecule has 2 aromatic rings. The number of aliphatic carboxylic acids is 1. The Bertz CT molecular complexity index is 816. The van der Waals surface area contributed by atoms with Crippen LogP contribution in [0, 0.1) is 0 Å². The van der Waals surface area contributed by atoms with Crippen molar-refractivity contribution in [2.75, 3.05) is 31.1 Å². The first-order valence-corrected chi connectivity index (χ1v) is 8.64. The zero-order valence-electron chi connectivity index (χ0n) is 15.3. The lowest BCUT2D eigenvalue weighted by Crippen LogP contribution is -2.50. The van der Waals surface area contributed by atoms with Gasteiger partial charge in [-0.15, -0.1) is 0 Å². The van der Waals surface area contributed by atoms with E-state index in [2.05, 4.69) is 9.88 Å². The van der Waals surface area contributed by atoms with Gasteiger partial charge in [-0.2, -0.15) is 0 Å². The van der Waals surface area contributed by atoms with E-state index in [-0.39, 0.29) is 12.5 Å². The monoisotopic (exact) mass is 360 g/mol. The highest BCUT2D eigenvalue weighted by Crippen LogP contribution is 2.20. The number of aromatic nitrogens is 2.